The Bertz CT molecular complexity index is 742. The summed E-state index contributed by atoms with van der Waals surface area (Å²) in [6, 6.07) is 6.91. The third-order valence-corrected chi connectivity index (χ3v) is 4.26. The number of methoxy groups -OCH3 is 1. The van der Waals surface area contributed by atoms with Crippen LogP contribution in [0.3, 0.4) is 0 Å². The molecule has 8 heteroatoms. The summed E-state index contributed by atoms with van der Waals surface area (Å²) in [6.07, 6.45) is 3.48. The molecule has 2 N–H and O–H groups in total. The number of ether oxygens (including phenoxy) is 1. The quantitative estimate of drug-likeness (QED) is 0.412. The number of carbonyl (C=O) groups excluding carboxylic acids is 2. The summed E-state index contributed by atoms with van der Waals surface area (Å²) in [5.74, 6) is 0.236. The molecule has 0 aliphatic carbocycles. The second-order valence-electron chi connectivity index (χ2n) is 5.76. The highest BCUT2D eigenvalue weighted by Crippen LogP contribution is 2.27. The molecule has 1 aliphatic heterocycles. The lowest BCUT2D eigenvalue weighted by Crippen LogP contribution is -2.31. The van der Waals surface area contributed by atoms with Crippen LogP contribution in [-0.2, 0) is 9.59 Å². The van der Waals surface area contributed by atoms with Crippen LogP contribution >= 0.6 is 11.6 Å². The molecule has 1 aliphatic rings. The minimum Gasteiger partial charge on any atom is -0.495 e. The Morgan fingerprint density at radius 3 is 2.92 bits per heavy atom. The van der Waals surface area contributed by atoms with Crippen LogP contribution in [0.15, 0.2) is 30.0 Å². The number of benzene rings is 1. The van der Waals surface area contributed by atoms with Gasteiger partial charge in [0, 0.05) is 37.9 Å². The molecule has 0 unspecified atom stereocenters. The van der Waals surface area contributed by atoms with Crippen molar-refractivity contribution >= 4 is 29.1 Å². The largest absolute Gasteiger partial charge is 0.495 e. The zero-order chi connectivity index (χ0) is 18.9. The zero-order valence-corrected chi connectivity index (χ0v) is 15.3. The number of nitrogens with one attached hydrogen (secondary N) is 2. The molecule has 2 amide bonds. The number of anilines is 1. The van der Waals surface area contributed by atoms with Gasteiger partial charge in [0.05, 0.1) is 12.1 Å². The SMILES string of the molecule is COc1ccc(N/C=C(/C#N)C(=O)NCCCN2CCCC2=O)cc1Cl. The lowest BCUT2D eigenvalue weighted by atomic mass is 10.2. The molecule has 7 nitrogen and oxygen atoms in total. The highest BCUT2D eigenvalue weighted by atomic mass is 35.5. The summed E-state index contributed by atoms with van der Waals surface area (Å²) in [4.78, 5) is 25.4. The fourth-order valence-corrected chi connectivity index (χ4v) is 2.83. The van der Waals surface area contributed by atoms with Crippen LogP contribution in [0.2, 0.25) is 5.02 Å². The van der Waals surface area contributed by atoms with Crippen LogP contribution in [0.1, 0.15) is 19.3 Å². The summed E-state index contributed by atoms with van der Waals surface area (Å²) >= 11 is 6.03. The van der Waals surface area contributed by atoms with Crippen molar-refractivity contribution in [3.05, 3.63) is 35.0 Å². The molecule has 0 bridgehead atoms. The van der Waals surface area contributed by atoms with Crippen LogP contribution < -0.4 is 15.4 Å². The van der Waals surface area contributed by atoms with Gasteiger partial charge >= 0.3 is 0 Å². The smallest absolute Gasteiger partial charge is 0.263 e. The molecule has 1 aromatic carbocycles. The topological polar surface area (TPSA) is 94.5 Å². The van der Waals surface area contributed by atoms with Crippen LogP contribution in [-0.4, -0.2) is 43.5 Å². The van der Waals surface area contributed by atoms with E-state index in [-0.39, 0.29) is 11.5 Å². The number of halogens is 1. The minimum atomic E-state index is -0.465. The summed E-state index contributed by atoms with van der Waals surface area (Å²) in [6.45, 7) is 1.80. The molecule has 1 fully saturated rings. The molecule has 0 spiro atoms. The number of nitrogens with zero attached hydrogens (tertiary/aromatic N) is 2. The predicted molar refractivity (Wildman–Crippen MR) is 98.8 cm³/mol. The number of carbonyl (C=O) groups is 2. The van der Waals surface area contributed by atoms with Gasteiger partial charge in [-0.25, -0.2) is 0 Å². The van der Waals surface area contributed by atoms with Gasteiger partial charge in [-0.15, -0.1) is 0 Å². The fourth-order valence-electron chi connectivity index (χ4n) is 2.57. The number of likely N-dealkylation sites (tertiary alicyclic amines) is 1. The van der Waals surface area contributed by atoms with E-state index in [9.17, 15) is 9.59 Å². The third kappa shape index (κ3) is 5.39. The third-order valence-electron chi connectivity index (χ3n) is 3.96. The first-order valence-electron chi connectivity index (χ1n) is 8.31. The second kappa shape index (κ2) is 9.68. The number of nitriles is 1. The number of amides is 2. The number of rotatable bonds is 8. The van der Waals surface area contributed by atoms with Crippen molar-refractivity contribution in [1.82, 2.24) is 10.2 Å². The molecule has 0 saturated carbocycles. The van der Waals surface area contributed by atoms with E-state index in [0.717, 1.165) is 13.0 Å². The van der Waals surface area contributed by atoms with E-state index in [2.05, 4.69) is 10.6 Å². The summed E-state index contributed by atoms with van der Waals surface area (Å²) in [5.41, 5.74) is 0.582. The molecule has 0 aromatic heterocycles. The second-order valence-corrected chi connectivity index (χ2v) is 6.16. The van der Waals surface area contributed by atoms with Gasteiger partial charge in [-0.2, -0.15) is 5.26 Å². The minimum absolute atomic E-state index is 0.0470. The van der Waals surface area contributed by atoms with E-state index < -0.39 is 5.91 Å². The molecule has 0 radical (unpaired) electrons. The van der Waals surface area contributed by atoms with Crippen LogP contribution in [0.25, 0.3) is 0 Å². The maximum atomic E-state index is 12.1. The Balaban J connectivity index is 1.81. The van der Waals surface area contributed by atoms with Crippen molar-refractivity contribution < 1.29 is 14.3 Å². The first kappa shape index (κ1) is 19.6. The van der Waals surface area contributed by atoms with Gasteiger partial charge < -0.3 is 20.3 Å². The molecule has 1 saturated heterocycles. The van der Waals surface area contributed by atoms with Crippen molar-refractivity contribution in [2.24, 2.45) is 0 Å². The Morgan fingerprint density at radius 2 is 2.31 bits per heavy atom. The number of hydrogen-bond acceptors (Lipinski definition) is 5. The van der Waals surface area contributed by atoms with Gasteiger partial charge in [0.25, 0.3) is 5.91 Å². The van der Waals surface area contributed by atoms with Gasteiger partial charge in [-0.3, -0.25) is 9.59 Å². The van der Waals surface area contributed by atoms with E-state index >= 15 is 0 Å². The van der Waals surface area contributed by atoms with E-state index in [4.69, 9.17) is 21.6 Å². The Morgan fingerprint density at radius 1 is 1.50 bits per heavy atom. The summed E-state index contributed by atoms with van der Waals surface area (Å²) in [7, 11) is 1.52. The Labute approximate surface area is 157 Å². The first-order chi connectivity index (χ1) is 12.5. The van der Waals surface area contributed by atoms with Crippen LogP contribution in [0.4, 0.5) is 5.69 Å². The molecule has 26 heavy (non-hydrogen) atoms. The molecule has 138 valence electrons. The van der Waals surface area contributed by atoms with Gasteiger partial charge in [0.1, 0.15) is 17.4 Å². The summed E-state index contributed by atoms with van der Waals surface area (Å²) < 4.78 is 5.07. The average Bonchev–Trinajstić information content (AvgIpc) is 3.04. The van der Waals surface area contributed by atoms with Crippen molar-refractivity contribution in [1.29, 1.82) is 5.26 Å². The lowest BCUT2D eigenvalue weighted by molar-refractivity contribution is -0.127. The van der Waals surface area contributed by atoms with Gasteiger partial charge in [-0.05, 0) is 31.0 Å². The van der Waals surface area contributed by atoms with Crippen LogP contribution in [0.5, 0.6) is 5.75 Å². The normalized spacial score (nSPS) is 14.1. The molecular weight excluding hydrogens is 356 g/mol. The fraction of sp³-hybridized carbons (Fsp3) is 0.389. The maximum absolute atomic E-state index is 12.1. The molecule has 0 atom stereocenters. The van der Waals surface area contributed by atoms with E-state index in [1.54, 1.807) is 23.1 Å². The van der Waals surface area contributed by atoms with Crippen molar-refractivity contribution in [3.63, 3.8) is 0 Å². The molecular formula is C18H21ClN4O3. The monoisotopic (exact) mass is 376 g/mol. The van der Waals surface area contributed by atoms with Gasteiger partial charge in [0.15, 0.2) is 0 Å². The average molecular weight is 377 g/mol. The number of hydrogen-bond donors (Lipinski definition) is 2. The van der Waals surface area contributed by atoms with E-state index in [1.807, 2.05) is 6.07 Å². The Kier molecular flexibility index (Phi) is 7.30. The highest BCUT2D eigenvalue weighted by molar-refractivity contribution is 6.32. The predicted octanol–water partition coefficient (Wildman–Crippen LogP) is 2.30. The van der Waals surface area contributed by atoms with Crippen molar-refractivity contribution in [2.75, 3.05) is 32.1 Å². The van der Waals surface area contributed by atoms with Gasteiger partial charge in [0.2, 0.25) is 5.91 Å². The van der Waals surface area contributed by atoms with E-state index in [0.29, 0.717) is 42.4 Å². The highest BCUT2D eigenvalue weighted by Gasteiger charge is 2.19. The zero-order valence-electron chi connectivity index (χ0n) is 14.5. The van der Waals surface area contributed by atoms with E-state index in [1.165, 1.54) is 13.3 Å². The van der Waals surface area contributed by atoms with Crippen LogP contribution in [0, 0.1) is 11.3 Å². The Hall–Kier alpha value is -2.72. The van der Waals surface area contributed by atoms with Crippen molar-refractivity contribution in [2.45, 2.75) is 19.3 Å². The summed E-state index contributed by atoms with van der Waals surface area (Å²) in [5, 5.41) is 15.1. The van der Waals surface area contributed by atoms with Crippen molar-refractivity contribution in [3.8, 4) is 11.8 Å². The molecule has 1 aromatic rings. The molecule has 1 heterocycles. The van der Waals surface area contributed by atoms with Gasteiger partial charge in [-0.1, -0.05) is 11.6 Å². The first-order valence-corrected chi connectivity index (χ1v) is 8.69. The molecule has 2 rings (SSSR count). The standard InChI is InChI=1S/C18H21ClN4O3/c1-26-16-6-5-14(10-15(16)19)22-12-13(11-20)18(25)21-7-3-9-23-8-2-4-17(23)24/h5-6,10,12,22H,2-4,7-9H2,1H3,(H,21,25)/b13-12-. The lowest BCUT2D eigenvalue weighted by Gasteiger charge is -2.15. The maximum Gasteiger partial charge on any atom is 0.263 e.